The first-order valence-electron chi connectivity index (χ1n) is 5.48. The maximum absolute atomic E-state index is 13.2. The third-order valence-corrected chi connectivity index (χ3v) is 2.52. The summed E-state index contributed by atoms with van der Waals surface area (Å²) in [6.45, 7) is 2.06. The van der Waals surface area contributed by atoms with Crippen molar-refractivity contribution in [3.8, 4) is 0 Å². The summed E-state index contributed by atoms with van der Waals surface area (Å²) in [5.74, 6) is -4.38. The van der Waals surface area contributed by atoms with Gasteiger partial charge in [0.2, 0.25) is 0 Å². The van der Waals surface area contributed by atoms with E-state index in [4.69, 9.17) is 11.6 Å². The molecule has 2 nitrogen and oxygen atoms in total. The van der Waals surface area contributed by atoms with E-state index in [0.717, 1.165) is 0 Å². The van der Waals surface area contributed by atoms with E-state index in [1.54, 1.807) is 0 Å². The molecule has 0 aliphatic rings. The van der Waals surface area contributed by atoms with Crippen LogP contribution < -0.4 is 5.32 Å². The molecule has 18 heavy (non-hydrogen) atoms. The maximum atomic E-state index is 13.2. The average Bonchev–Trinajstić information content (AvgIpc) is 2.22. The van der Waals surface area contributed by atoms with Gasteiger partial charge in [-0.3, -0.25) is 4.79 Å². The quantitative estimate of drug-likeness (QED) is 0.651. The van der Waals surface area contributed by atoms with Crippen LogP contribution in [0.2, 0.25) is 0 Å². The van der Waals surface area contributed by atoms with Crippen LogP contribution in [0.4, 0.5) is 13.2 Å². The first kappa shape index (κ1) is 14.8. The Kier molecular flexibility index (Phi) is 5.47. The SMILES string of the molecule is CC(Cl)CCCNC(=O)c1c(F)cc(F)cc1F. The van der Waals surface area contributed by atoms with Crippen molar-refractivity contribution in [3.05, 3.63) is 35.1 Å². The van der Waals surface area contributed by atoms with E-state index in [1.165, 1.54) is 0 Å². The molecule has 1 amide bonds. The highest BCUT2D eigenvalue weighted by Crippen LogP contribution is 2.14. The average molecular weight is 280 g/mol. The van der Waals surface area contributed by atoms with Gasteiger partial charge in [-0.1, -0.05) is 0 Å². The number of rotatable bonds is 5. The zero-order chi connectivity index (χ0) is 13.7. The molecule has 0 radical (unpaired) electrons. The van der Waals surface area contributed by atoms with Gasteiger partial charge in [-0.25, -0.2) is 13.2 Å². The minimum absolute atomic E-state index is 0.0267. The summed E-state index contributed by atoms with van der Waals surface area (Å²) in [5, 5.41) is 2.33. The third kappa shape index (κ3) is 4.22. The molecule has 0 aliphatic heterocycles. The van der Waals surface area contributed by atoms with Crippen LogP contribution in [-0.2, 0) is 0 Å². The lowest BCUT2D eigenvalue weighted by molar-refractivity contribution is 0.0944. The van der Waals surface area contributed by atoms with Crippen molar-refractivity contribution in [2.75, 3.05) is 6.54 Å². The van der Waals surface area contributed by atoms with Crippen LogP contribution in [0.15, 0.2) is 12.1 Å². The Labute approximate surface area is 108 Å². The van der Waals surface area contributed by atoms with Gasteiger partial charge in [0.25, 0.3) is 5.91 Å². The summed E-state index contributed by atoms with van der Waals surface area (Å²) in [7, 11) is 0. The molecule has 0 spiro atoms. The summed E-state index contributed by atoms with van der Waals surface area (Å²) in [4.78, 5) is 11.5. The maximum Gasteiger partial charge on any atom is 0.257 e. The molecule has 0 aliphatic carbocycles. The molecule has 0 fully saturated rings. The zero-order valence-corrected chi connectivity index (χ0v) is 10.5. The van der Waals surface area contributed by atoms with Gasteiger partial charge in [0.1, 0.15) is 23.0 Å². The minimum atomic E-state index is -1.21. The van der Waals surface area contributed by atoms with Crippen molar-refractivity contribution in [2.24, 2.45) is 0 Å². The predicted molar refractivity (Wildman–Crippen MR) is 63.2 cm³/mol. The van der Waals surface area contributed by atoms with Crippen LogP contribution in [0.25, 0.3) is 0 Å². The fourth-order valence-electron chi connectivity index (χ4n) is 1.43. The monoisotopic (exact) mass is 279 g/mol. The molecule has 1 atom stereocenters. The molecule has 0 bridgehead atoms. The highest BCUT2D eigenvalue weighted by atomic mass is 35.5. The molecular weight excluding hydrogens is 267 g/mol. The Hall–Kier alpha value is -1.23. The molecule has 0 heterocycles. The van der Waals surface area contributed by atoms with Crippen molar-refractivity contribution in [1.29, 1.82) is 0 Å². The number of carbonyl (C=O) groups excluding carboxylic acids is 1. The van der Waals surface area contributed by atoms with E-state index in [9.17, 15) is 18.0 Å². The summed E-state index contributed by atoms with van der Waals surface area (Å²) < 4.78 is 39.1. The largest absolute Gasteiger partial charge is 0.352 e. The van der Waals surface area contributed by atoms with E-state index in [2.05, 4.69) is 5.32 Å². The standard InChI is InChI=1S/C12H13ClF3NO/c1-7(13)3-2-4-17-12(18)11-9(15)5-8(14)6-10(11)16/h5-7H,2-4H2,1H3,(H,17,18). The van der Waals surface area contributed by atoms with Crippen LogP contribution in [0, 0.1) is 17.5 Å². The van der Waals surface area contributed by atoms with Crippen molar-refractivity contribution >= 4 is 17.5 Å². The van der Waals surface area contributed by atoms with Crippen molar-refractivity contribution < 1.29 is 18.0 Å². The fraction of sp³-hybridized carbons (Fsp3) is 0.417. The van der Waals surface area contributed by atoms with Crippen LogP contribution in [0.1, 0.15) is 30.1 Å². The Morgan fingerprint density at radius 2 is 1.89 bits per heavy atom. The number of nitrogens with one attached hydrogen (secondary N) is 1. The molecule has 6 heteroatoms. The third-order valence-electron chi connectivity index (χ3n) is 2.30. The molecule has 0 saturated carbocycles. The van der Waals surface area contributed by atoms with Gasteiger partial charge in [0.05, 0.1) is 0 Å². The second-order valence-corrected chi connectivity index (χ2v) is 4.67. The van der Waals surface area contributed by atoms with Gasteiger partial charge in [0, 0.05) is 24.1 Å². The van der Waals surface area contributed by atoms with E-state index in [-0.39, 0.29) is 11.9 Å². The van der Waals surface area contributed by atoms with E-state index in [1.807, 2.05) is 6.92 Å². The Bertz CT molecular complexity index is 414. The minimum Gasteiger partial charge on any atom is -0.352 e. The van der Waals surface area contributed by atoms with Gasteiger partial charge < -0.3 is 5.32 Å². The lowest BCUT2D eigenvalue weighted by Gasteiger charge is -2.07. The number of amides is 1. The molecule has 1 aromatic carbocycles. The predicted octanol–water partition coefficient (Wildman–Crippen LogP) is 3.24. The van der Waals surface area contributed by atoms with Gasteiger partial charge in [0.15, 0.2) is 0 Å². The van der Waals surface area contributed by atoms with Crippen LogP contribution >= 0.6 is 11.6 Å². The topological polar surface area (TPSA) is 29.1 Å². The first-order valence-corrected chi connectivity index (χ1v) is 5.92. The number of hydrogen-bond acceptors (Lipinski definition) is 1. The fourth-order valence-corrected chi connectivity index (χ4v) is 1.59. The molecule has 0 aromatic heterocycles. The van der Waals surface area contributed by atoms with E-state index < -0.39 is 28.9 Å². The molecule has 1 N–H and O–H groups in total. The second kappa shape index (κ2) is 6.64. The normalized spacial score (nSPS) is 12.3. The summed E-state index contributed by atoms with van der Waals surface area (Å²) >= 11 is 5.70. The smallest absolute Gasteiger partial charge is 0.257 e. The molecule has 1 rings (SSSR count). The van der Waals surface area contributed by atoms with Crippen molar-refractivity contribution in [2.45, 2.75) is 25.1 Å². The van der Waals surface area contributed by atoms with Crippen LogP contribution in [0.5, 0.6) is 0 Å². The molecule has 100 valence electrons. The van der Waals surface area contributed by atoms with Gasteiger partial charge in [-0.2, -0.15) is 0 Å². The Balaban J connectivity index is 2.62. The molecule has 0 saturated heterocycles. The molecular formula is C12H13ClF3NO. The van der Waals surface area contributed by atoms with Gasteiger partial charge in [-0.15, -0.1) is 11.6 Å². The highest BCUT2D eigenvalue weighted by molar-refractivity contribution is 6.20. The lowest BCUT2D eigenvalue weighted by atomic mass is 10.1. The molecule has 1 aromatic rings. The number of hydrogen-bond donors (Lipinski definition) is 1. The Morgan fingerprint density at radius 3 is 2.39 bits per heavy atom. The summed E-state index contributed by atoms with van der Waals surface area (Å²) in [6.07, 6.45) is 1.27. The second-order valence-electron chi connectivity index (χ2n) is 3.92. The van der Waals surface area contributed by atoms with Crippen LogP contribution in [0.3, 0.4) is 0 Å². The van der Waals surface area contributed by atoms with Gasteiger partial charge in [-0.05, 0) is 19.8 Å². The van der Waals surface area contributed by atoms with Crippen molar-refractivity contribution in [3.63, 3.8) is 0 Å². The summed E-state index contributed by atoms with van der Waals surface area (Å²) in [5.41, 5.74) is -0.768. The molecule has 1 unspecified atom stereocenters. The first-order chi connectivity index (χ1) is 8.41. The van der Waals surface area contributed by atoms with Crippen LogP contribution in [-0.4, -0.2) is 17.8 Å². The number of benzene rings is 1. The van der Waals surface area contributed by atoms with E-state index >= 15 is 0 Å². The van der Waals surface area contributed by atoms with Crippen molar-refractivity contribution in [1.82, 2.24) is 5.32 Å². The van der Waals surface area contributed by atoms with Gasteiger partial charge >= 0.3 is 0 Å². The lowest BCUT2D eigenvalue weighted by Crippen LogP contribution is -2.27. The number of halogens is 4. The van der Waals surface area contributed by atoms with E-state index in [0.29, 0.717) is 25.0 Å². The highest BCUT2D eigenvalue weighted by Gasteiger charge is 2.18. The zero-order valence-electron chi connectivity index (χ0n) is 9.77. The summed E-state index contributed by atoms with van der Waals surface area (Å²) in [6, 6.07) is 0.942. The number of carbonyl (C=O) groups is 1. The Morgan fingerprint density at radius 1 is 1.33 bits per heavy atom. The number of alkyl halides is 1.